The Morgan fingerprint density at radius 1 is 1.60 bits per heavy atom. The van der Waals surface area contributed by atoms with Crippen LogP contribution in [-0.2, 0) is 9.53 Å². The SMILES string of the molecule is C#CCN(C)C(C)CCC(=O)OCC.Cl. The van der Waals surface area contributed by atoms with Gasteiger partial charge < -0.3 is 4.74 Å². The smallest absolute Gasteiger partial charge is 0.305 e. The van der Waals surface area contributed by atoms with Gasteiger partial charge in [-0.15, -0.1) is 18.8 Å². The zero-order valence-corrected chi connectivity index (χ0v) is 10.5. The summed E-state index contributed by atoms with van der Waals surface area (Å²) >= 11 is 0. The average molecular weight is 234 g/mol. The van der Waals surface area contributed by atoms with Gasteiger partial charge in [-0.1, -0.05) is 5.92 Å². The van der Waals surface area contributed by atoms with E-state index in [9.17, 15) is 4.79 Å². The first-order valence-electron chi connectivity index (χ1n) is 4.91. The van der Waals surface area contributed by atoms with Crippen molar-refractivity contribution in [2.75, 3.05) is 20.2 Å². The highest BCUT2D eigenvalue weighted by molar-refractivity contribution is 5.85. The highest BCUT2D eigenvalue weighted by atomic mass is 35.5. The predicted molar refractivity (Wildman–Crippen MR) is 64.0 cm³/mol. The van der Waals surface area contributed by atoms with Crippen molar-refractivity contribution in [1.82, 2.24) is 4.90 Å². The average Bonchev–Trinajstić information content (AvgIpc) is 2.15. The molecule has 0 radical (unpaired) electrons. The number of carbonyl (C=O) groups excluding carboxylic acids is 1. The van der Waals surface area contributed by atoms with Gasteiger partial charge in [0.25, 0.3) is 0 Å². The van der Waals surface area contributed by atoms with Crippen LogP contribution < -0.4 is 0 Å². The van der Waals surface area contributed by atoms with Gasteiger partial charge in [-0.25, -0.2) is 0 Å². The minimum atomic E-state index is -0.131. The first-order valence-corrected chi connectivity index (χ1v) is 4.91. The fourth-order valence-corrected chi connectivity index (χ4v) is 1.08. The standard InChI is InChI=1S/C11H19NO2.ClH/c1-5-9-12(4)10(3)7-8-11(13)14-6-2;/h1,10H,6-9H2,2-4H3;1H. The Labute approximate surface area is 98.6 Å². The van der Waals surface area contributed by atoms with Crippen molar-refractivity contribution in [2.45, 2.75) is 32.7 Å². The summed E-state index contributed by atoms with van der Waals surface area (Å²) in [6, 6.07) is 0.315. The maximum atomic E-state index is 11.0. The molecule has 0 spiro atoms. The Bertz CT molecular complexity index is 213. The number of esters is 1. The lowest BCUT2D eigenvalue weighted by atomic mass is 10.1. The first kappa shape index (κ1) is 16.7. The van der Waals surface area contributed by atoms with E-state index < -0.39 is 0 Å². The lowest BCUT2D eigenvalue weighted by molar-refractivity contribution is -0.143. The number of carbonyl (C=O) groups is 1. The van der Waals surface area contributed by atoms with Crippen LogP contribution in [0.5, 0.6) is 0 Å². The molecule has 0 aromatic carbocycles. The van der Waals surface area contributed by atoms with Crippen molar-refractivity contribution in [3.8, 4) is 12.3 Å². The molecule has 0 amide bonds. The normalized spacial score (nSPS) is 11.4. The number of ether oxygens (including phenoxy) is 1. The van der Waals surface area contributed by atoms with Crippen molar-refractivity contribution in [3.63, 3.8) is 0 Å². The lowest BCUT2D eigenvalue weighted by Gasteiger charge is -2.21. The molecule has 0 saturated carbocycles. The Balaban J connectivity index is 0. The van der Waals surface area contributed by atoms with Crippen molar-refractivity contribution < 1.29 is 9.53 Å². The monoisotopic (exact) mass is 233 g/mol. The summed E-state index contributed by atoms with van der Waals surface area (Å²) in [5, 5.41) is 0. The second-order valence-electron chi connectivity index (χ2n) is 3.31. The molecule has 0 aliphatic carbocycles. The number of hydrogen-bond donors (Lipinski definition) is 0. The zero-order valence-electron chi connectivity index (χ0n) is 9.66. The maximum absolute atomic E-state index is 11.0. The molecule has 0 saturated heterocycles. The van der Waals surface area contributed by atoms with Crippen LogP contribution in [0.15, 0.2) is 0 Å². The van der Waals surface area contributed by atoms with Gasteiger partial charge >= 0.3 is 5.97 Å². The molecule has 0 aromatic rings. The second-order valence-corrected chi connectivity index (χ2v) is 3.31. The number of terminal acetylenes is 1. The Morgan fingerprint density at radius 2 is 2.20 bits per heavy atom. The number of nitrogens with zero attached hydrogens (tertiary/aromatic N) is 1. The number of hydrogen-bond acceptors (Lipinski definition) is 3. The van der Waals surface area contributed by atoms with Gasteiger partial charge in [-0.05, 0) is 27.3 Å². The summed E-state index contributed by atoms with van der Waals surface area (Å²) in [6.07, 6.45) is 6.44. The van der Waals surface area contributed by atoms with Crippen LogP contribution in [0.1, 0.15) is 26.7 Å². The van der Waals surface area contributed by atoms with E-state index in [4.69, 9.17) is 11.2 Å². The Kier molecular flexibility index (Phi) is 10.9. The van der Waals surface area contributed by atoms with E-state index in [1.54, 1.807) is 0 Å². The summed E-state index contributed by atoms with van der Waals surface area (Å²) in [5.41, 5.74) is 0. The van der Waals surface area contributed by atoms with Crippen LogP contribution in [0, 0.1) is 12.3 Å². The summed E-state index contributed by atoms with van der Waals surface area (Å²) in [4.78, 5) is 13.1. The van der Waals surface area contributed by atoms with Gasteiger partial charge in [0.2, 0.25) is 0 Å². The largest absolute Gasteiger partial charge is 0.466 e. The molecule has 0 heterocycles. The van der Waals surface area contributed by atoms with Crippen molar-refractivity contribution in [2.24, 2.45) is 0 Å². The Hall–Kier alpha value is -0.720. The van der Waals surface area contributed by atoms with Crippen LogP contribution in [-0.4, -0.2) is 37.1 Å². The molecule has 0 aliphatic rings. The lowest BCUT2D eigenvalue weighted by Crippen LogP contribution is -2.30. The van der Waals surface area contributed by atoms with E-state index in [1.807, 2.05) is 18.9 Å². The van der Waals surface area contributed by atoms with Gasteiger partial charge in [0, 0.05) is 12.5 Å². The molecule has 4 heteroatoms. The second kappa shape index (κ2) is 9.82. The van der Waals surface area contributed by atoms with Crippen LogP contribution in [0.4, 0.5) is 0 Å². The van der Waals surface area contributed by atoms with E-state index in [-0.39, 0.29) is 18.4 Å². The Morgan fingerprint density at radius 3 is 2.67 bits per heavy atom. The quantitative estimate of drug-likeness (QED) is 0.517. The van der Waals surface area contributed by atoms with E-state index in [0.29, 0.717) is 25.6 Å². The maximum Gasteiger partial charge on any atom is 0.305 e. The van der Waals surface area contributed by atoms with Crippen molar-refractivity contribution in [1.29, 1.82) is 0 Å². The predicted octanol–water partition coefficient (Wildman–Crippen LogP) is 1.71. The van der Waals surface area contributed by atoms with E-state index >= 15 is 0 Å². The van der Waals surface area contributed by atoms with Gasteiger partial charge in [0.05, 0.1) is 13.2 Å². The molecular weight excluding hydrogens is 214 g/mol. The molecule has 0 bridgehead atoms. The third-order valence-corrected chi connectivity index (χ3v) is 2.16. The minimum Gasteiger partial charge on any atom is -0.466 e. The van der Waals surface area contributed by atoms with E-state index in [2.05, 4.69) is 12.8 Å². The molecule has 0 fully saturated rings. The van der Waals surface area contributed by atoms with E-state index in [1.165, 1.54) is 0 Å². The molecule has 1 unspecified atom stereocenters. The topological polar surface area (TPSA) is 29.5 Å². The van der Waals surface area contributed by atoms with Crippen LogP contribution in [0.25, 0.3) is 0 Å². The molecule has 88 valence electrons. The molecule has 0 N–H and O–H groups in total. The van der Waals surface area contributed by atoms with Crippen LogP contribution >= 0.6 is 12.4 Å². The molecular formula is C11H20ClNO2. The fourth-order valence-electron chi connectivity index (χ4n) is 1.08. The summed E-state index contributed by atoms with van der Waals surface area (Å²) < 4.78 is 4.83. The zero-order chi connectivity index (χ0) is 11.0. The van der Waals surface area contributed by atoms with Crippen molar-refractivity contribution >= 4 is 18.4 Å². The highest BCUT2D eigenvalue weighted by Gasteiger charge is 2.10. The molecule has 0 rings (SSSR count). The minimum absolute atomic E-state index is 0. The summed E-state index contributed by atoms with van der Waals surface area (Å²) in [5.74, 6) is 2.44. The molecule has 0 aromatic heterocycles. The van der Waals surface area contributed by atoms with Gasteiger partial charge in [0.1, 0.15) is 0 Å². The third kappa shape index (κ3) is 8.29. The number of halogens is 1. The van der Waals surface area contributed by atoms with Gasteiger partial charge in [0.15, 0.2) is 0 Å². The molecule has 0 aliphatic heterocycles. The van der Waals surface area contributed by atoms with Crippen LogP contribution in [0.2, 0.25) is 0 Å². The molecule has 1 atom stereocenters. The third-order valence-electron chi connectivity index (χ3n) is 2.16. The summed E-state index contributed by atoms with van der Waals surface area (Å²) in [6.45, 7) is 4.93. The van der Waals surface area contributed by atoms with Gasteiger partial charge in [-0.2, -0.15) is 0 Å². The number of rotatable bonds is 6. The molecule has 3 nitrogen and oxygen atoms in total. The fraction of sp³-hybridized carbons (Fsp3) is 0.727. The van der Waals surface area contributed by atoms with E-state index in [0.717, 1.165) is 6.42 Å². The molecule has 15 heavy (non-hydrogen) atoms. The van der Waals surface area contributed by atoms with Crippen molar-refractivity contribution in [3.05, 3.63) is 0 Å². The summed E-state index contributed by atoms with van der Waals surface area (Å²) in [7, 11) is 1.95. The first-order chi connectivity index (χ1) is 6.61. The highest BCUT2D eigenvalue weighted by Crippen LogP contribution is 2.04. The van der Waals surface area contributed by atoms with Gasteiger partial charge in [-0.3, -0.25) is 9.69 Å². The van der Waals surface area contributed by atoms with Crippen LogP contribution in [0.3, 0.4) is 0 Å².